The van der Waals surface area contributed by atoms with Crippen LogP contribution in [0.1, 0.15) is 24.6 Å². The minimum absolute atomic E-state index is 0.0137. The zero-order chi connectivity index (χ0) is 20.8. The highest BCUT2D eigenvalue weighted by Gasteiger charge is 2.52. The number of hydrogen-bond donors (Lipinski definition) is 1. The van der Waals surface area contributed by atoms with Crippen molar-refractivity contribution in [3.63, 3.8) is 0 Å². The largest absolute Gasteiger partial charge is 0.435 e. The second-order valence-corrected chi connectivity index (χ2v) is 9.79. The Morgan fingerprint density at radius 3 is 2.79 bits per heavy atom. The first-order valence-corrected chi connectivity index (χ1v) is 10.9. The van der Waals surface area contributed by atoms with Crippen LogP contribution < -0.4 is 10.1 Å². The van der Waals surface area contributed by atoms with E-state index in [1.807, 2.05) is 13.8 Å². The first-order valence-electron chi connectivity index (χ1n) is 9.06. The maximum atomic E-state index is 12.8. The Kier molecular flexibility index (Phi) is 5.24. The van der Waals surface area contributed by atoms with Gasteiger partial charge in [0.2, 0.25) is 11.8 Å². The molecule has 6 nitrogen and oxygen atoms in total. The van der Waals surface area contributed by atoms with E-state index in [0.29, 0.717) is 23.0 Å². The molecule has 0 saturated carbocycles. The summed E-state index contributed by atoms with van der Waals surface area (Å²) in [7, 11) is 0. The van der Waals surface area contributed by atoms with Crippen molar-refractivity contribution in [2.45, 2.75) is 44.2 Å². The standard InChI is InChI=1S/C19H19F2N3O3S2/c1-10-15(11-3-5-12(6-4-11)27-17(20)21)22-18(29-10)23-16(26)13-9-28-19(2)8-7-14(25)24(13)19/h3-6,13,17H,7-9H2,1-2H3,(H,22,23,26). The van der Waals surface area contributed by atoms with Crippen LogP contribution in [-0.4, -0.2) is 45.0 Å². The van der Waals surface area contributed by atoms with Crippen LogP contribution in [0.15, 0.2) is 24.3 Å². The van der Waals surface area contributed by atoms with Crippen LogP contribution in [0.5, 0.6) is 5.75 Å². The number of fused-ring (bicyclic) bond motifs is 1. The summed E-state index contributed by atoms with van der Waals surface area (Å²) in [6.45, 7) is 1.00. The first-order chi connectivity index (χ1) is 13.8. The third kappa shape index (κ3) is 3.83. The number of amides is 2. The number of aryl methyl sites for hydroxylation is 1. The number of carbonyl (C=O) groups is 2. The second kappa shape index (κ2) is 7.56. The van der Waals surface area contributed by atoms with E-state index in [2.05, 4.69) is 15.0 Å². The molecule has 0 bridgehead atoms. The molecule has 10 heteroatoms. The summed E-state index contributed by atoms with van der Waals surface area (Å²) < 4.78 is 28.9. The van der Waals surface area contributed by atoms with Crippen LogP contribution >= 0.6 is 23.1 Å². The second-order valence-electron chi connectivity index (χ2n) is 7.08. The van der Waals surface area contributed by atoms with Crippen LogP contribution in [0, 0.1) is 6.92 Å². The fourth-order valence-corrected chi connectivity index (χ4v) is 5.99. The number of alkyl halides is 2. The summed E-state index contributed by atoms with van der Waals surface area (Å²) in [5.41, 5.74) is 1.40. The van der Waals surface area contributed by atoms with Gasteiger partial charge < -0.3 is 15.0 Å². The van der Waals surface area contributed by atoms with Gasteiger partial charge in [-0.3, -0.25) is 9.59 Å². The third-order valence-corrected chi connectivity index (χ3v) is 7.52. The summed E-state index contributed by atoms with van der Waals surface area (Å²) in [5, 5.41) is 3.29. The predicted octanol–water partition coefficient (Wildman–Crippen LogP) is 4.11. The Balaban J connectivity index is 1.48. The monoisotopic (exact) mass is 439 g/mol. The van der Waals surface area contributed by atoms with Crippen LogP contribution in [0.25, 0.3) is 11.3 Å². The normalized spacial score (nSPS) is 23.6. The fraction of sp³-hybridized carbons (Fsp3) is 0.421. The molecular formula is C19H19F2N3O3S2. The Hall–Kier alpha value is -2.20. The number of thioether (sulfide) groups is 1. The zero-order valence-electron chi connectivity index (χ0n) is 15.8. The lowest BCUT2D eigenvalue weighted by atomic mass is 10.1. The van der Waals surface area contributed by atoms with Crippen LogP contribution in [0.2, 0.25) is 0 Å². The predicted molar refractivity (Wildman–Crippen MR) is 108 cm³/mol. The molecule has 0 spiro atoms. The van der Waals surface area contributed by atoms with Crippen LogP contribution in [0.4, 0.5) is 13.9 Å². The molecule has 154 valence electrons. The molecule has 2 atom stereocenters. The van der Waals surface area contributed by atoms with E-state index in [1.165, 1.54) is 23.5 Å². The van der Waals surface area contributed by atoms with Crippen LogP contribution in [0.3, 0.4) is 0 Å². The fourth-order valence-electron chi connectivity index (χ4n) is 3.72. The maximum absolute atomic E-state index is 12.8. The smallest absolute Gasteiger partial charge is 0.387 e. The molecule has 0 radical (unpaired) electrons. The van der Waals surface area contributed by atoms with Crippen LogP contribution in [-0.2, 0) is 9.59 Å². The number of aromatic nitrogens is 1. The minimum Gasteiger partial charge on any atom is -0.435 e. The highest BCUT2D eigenvalue weighted by Crippen LogP contribution is 2.47. The van der Waals surface area contributed by atoms with E-state index < -0.39 is 12.7 Å². The van der Waals surface area contributed by atoms with E-state index in [4.69, 9.17) is 0 Å². The van der Waals surface area contributed by atoms with Gasteiger partial charge >= 0.3 is 6.61 Å². The summed E-state index contributed by atoms with van der Waals surface area (Å²) in [6.07, 6.45) is 1.23. The van der Waals surface area contributed by atoms with E-state index >= 15 is 0 Å². The summed E-state index contributed by atoms with van der Waals surface area (Å²) in [5.74, 6) is 0.413. The van der Waals surface area contributed by atoms with Gasteiger partial charge in [-0.05, 0) is 44.5 Å². The van der Waals surface area contributed by atoms with Gasteiger partial charge in [0.15, 0.2) is 5.13 Å². The van der Waals surface area contributed by atoms with E-state index in [0.717, 1.165) is 16.9 Å². The van der Waals surface area contributed by atoms with Gasteiger partial charge in [0, 0.05) is 22.6 Å². The van der Waals surface area contributed by atoms with Gasteiger partial charge in [-0.25, -0.2) is 4.98 Å². The number of nitrogens with zero attached hydrogens (tertiary/aromatic N) is 2. The molecule has 2 saturated heterocycles. The number of thiazole rings is 1. The zero-order valence-corrected chi connectivity index (χ0v) is 17.4. The van der Waals surface area contributed by atoms with Crippen molar-refractivity contribution in [1.82, 2.24) is 9.88 Å². The van der Waals surface area contributed by atoms with Gasteiger partial charge in [-0.2, -0.15) is 8.78 Å². The summed E-state index contributed by atoms with van der Waals surface area (Å²) in [6, 6.07) is 5.70. The van der Waals surface area contributed by atoms with E-state index in [-0.39, 0.29) is 22.4 Å². The van der Waals surface area contributed by atoms with Gasteiger partial charge in [-0.1, -0.05) is 0 Å². The molecule has 29 heavy (non-hydrogen) atoms. The molecule has 2 aromatic rings. The molecule has 1 aromatic heterocycles. The van der Waals surface area contributed by atoms with Gasteiger partial charge in [-0.15, -0.1) is 23.1 Å². The van der Waals surface area contributed by atoms with E-state index in [9.17, 15) is 18.4 Å². The summed E-state index contributed by atoms with van der Waals surface area (Å²) in [4.78, 5) is 31.8. The minimum atomic E-state index is -2.87. The van der Waals surface area contributed by atoms with Gasteiger partial charge in [0.1, 0.15) is 11.8 Å². The number of nitrogens with one attached hydrogen (secondary N) is 1. The lowest BCUT2D eigenvalue weighted by molar-refractivity contribution is -0.135. The van der Waals surface area contributed by atoms with Crippen molar-refractivity contribution in [2.24, 2.45) is 0 Å². The third-order valence-electron chi connectivity index (χ3n) is 5.13. The molecule has 0 aliphatic carbocycles. The number of ether oxygens (including phenoxy) is 1. The number of rotatable bonds is 5. The maximum Gasteiger partial charge on any atom is 0.387 e. The molecule has 3 heterocycles. The molecule has 2 fully saturated rings. The number of benzene rings is 1. The highest BCUT2D eigenvalue weighted by molar-refractivity contribution is 8.01. The molecule has 4 rings (SSSR count). The Morgan fingerprint density at radius 2 is 2.10 bits per heavy atom. The quantitative estimate of drug-likeness (QED) is 0.759. The Labute approximate surface area is 174 Å². The van der Waals surface area contributed by atoms with Gasteiger partial charge in [0.25, 0.3) is 0 Å². The van der Waals surface area contributed by atoms with Crippen molar-refractivity contribution in [3.8, 4) is 17.0 Å². The van der Waals surface area contributed by atoms with Crippen molar-refractivity contribution >= 4 is 40.0 Å². The van der Waals surface area contributed by atoms with Crippen molar-refractivity contribution in [2.75, 3.05) is 11.1 Å². The first kappa shape index (κ1) is 20.1. The van der Waals surface area contributed by atoms with Crippen molar-refractivity contribution < 1.29 is 23.1 Å². The molecule has 2 amide bonds. The molecular weight excluding hydrogens is 420 g/mol. The Bertz CT molecular complexity index is 951. The molecule has 2 aliphatic rings. The molecule has 1 N–H and O–H groups in total. The molecule has 1 aromatic carbocycles. The number of halogens is 2. The summed E-state index contributed by atoms with van der Waals surface area (Å²) >= 11 is 2.97. The average molecular weight is 440 g/mol. The molecule has 2 unspecified atom stereocenters. The number of anilines is 1. The number of hydrogen-bond acceptors (Lipinski definition) is 6. The molecule has 2 aliphatic heterocycles. The Morgan fingerprint density at radius 1 is 1.38 bits per heavy atom. The number of carbonyl (C=O) groups excluding carboxylic acids is 2. The average Bonchev–Trinajstić information content (AvgIpc) is 3.28. The lowest BCUT2D eigenvalue weighted by Gasteiger charge is -2.29. The lowest BCUT2D eigenvalue weighted by Crippen LogP contribution is -2.48. The highest BCUT2D eigenvalue weighted by atomic mass is 32.2. The van der Waals surface area contributed by atoms with Gasteiger partial charge in [0.05, 0.1) is 10.6 Å². The van der Waals surface area contributed by atoms with E-state index in [1.54, 1.807) is 28.8 Å². The van der Waals surface area contributed by atoms with Crippen molar-refractivity contribution in [1.29, 1.82) is 0 Å². The van der Waals surface area contributed by atoms with Crippen molar-refractivity contribution in [3.05, 3.63) is 29.1 Å². The topological polar surface area (TPSA) is 71.5 Å². The SMILES string of the molecule is Cc1sc(NC(=O)C2CSC3(C)CCC(=O)N23)nc1-c1ccc(OC(F)F)cc1.